The molecule has 0 amide bonds. The maximum atomic E-state index is 10.7. The third kappa shape index (κ3) is 2.88. The normalized spacial score (nSPS) is 26.6. The molecule has 1 aliphatic carbocycles. The minimum Gasteiger partial charge on any atom is -0.389 e. The Labute approximate surface area is 118 Å². The van der Waals surface area contributed by atoms with Gasteiger partial charge in [0.2, 0.25) is 0 Å². The average Bonchev–Trinajstić information content (AvgIpc) is 2.85. The van der Waals surface area contributed by atoms with Crippen molar-refractivity contribution in [1.82, 2.24) is 20.2 Å². The first kappa shape index (κ1) is 13.2. The fourth-order valence-electron chi connectivity index (χ4n) is 3.08. The molecule has 5 nitrogen and oxygen atoms in total. The van der Waals surface area contributed by atoms with E-state index in [2.05, 4.69) is 39.7 Å². The lowest BCUT2D eigenvalue weighted by Crippen LogP contribution is -2.36. The zero-order valence-corrected chi connectivity index (χ0v) is 11.7. The van der Waals surface area contributed by atoms with E-state index in [1.165, 1.54) is 10.4 Å². The summed E-state index contributed by atoms with van der Waals surface area (Å²) in [4.78, 5) is 1.44. The highest BCUT2D eigenvalue weighted by molar-refractivity contribution is 5.20. The number of benzene rings is 1. The first-order valence-electron chi connectivity index (χ1n) is 7.15. The van der Waals surface area contributed by atoms with Crippen molar-refractivity contribution in [2.24, 2.45) is 7.05 Å². The van der Waals surface area contributed by atoms with Crippen molar-refractivity contribution >= 4 is 0 Å². The Morgan fingerprint density at radius 3 is 2.55 bits per heavy atom. The molecule has 2 aromatic rings. The molecule has 106 valence electrons. The van der Waals surface area contributed by atoms with Gasteiger partial charge in [0, 0.05) is 6.42 Å². The predicted molar refractivity (Wildman–Crippen MR) is 75.1 cm³/mol. The van der Waals surface area contributed by atoms with Crippen LogP contribution in [0.2, 0.25) is 0 Å². The molecule has 0 atom stereocenters. The number of tetrazole rings is 1. The molecule has 0 bridgehead atoms. The maximum Gasteiger partial charge on any atom is 0.177 e. The standard InChI is InChI=1S/C15H20N4O/c1-19-17-14(16-18-19)11-15(20)9-7-13(8-10-15)12-5-3-2-4-6-12/h2-6,13,20H,7-11H2,1H3. The van der Waals surface area contributed by atoms with Crippen molar-refractivity contribution in [3.63, 3.8) is 0 Å². The summed E-state index contributed by atoms with van der Waals surface area (Å²) in [6, 6.07) is 10.6. The topological polar surface area (TPSA) is 63.8 Å². The molecule has 1 aromatic carbocycles. The lowest BCUT2D eigenvalue weighted by molar-refractivity contribution is -0.00217. The van der Waals surface area contributed by atoms with E-state index in [0.717, 1.165) is 25.7 Å². The smallest absolute Gasteiger partial charge is 0.177 e. The van der Waals surface area contributed by atoms with E-state index in [-0.39, 0.29) is 0 Å². The summed E-state index contributed by atoms with van der Waals surface area (Å²) in [5.41, 5.74) is 0.709. The summed E-state index contributed by atoms with van der Waals surface area (Å²) < 4.78 is 0. The SMILES string of the molecule is Cn1nnc(CC2(O)CCC(c3ccccc3)CC2)n1. The zero-order chi connectivity index (χ0) is 14.0. The highest BCUT2D eigenvalue weighted by atomic mass is 16.3. The molecule has 3 rings (SSSR count). The van der Waals surface area contributed by atoms with Gasteiger partial charge < -0.3 is 5.11 Å². The fraction of sp³-hybridized carbons (Fsp3) is 0.533. The second-order valence-corrected chi connectivity index (χ2v) is 5.78. The minimum atomic E-state index is -0.672. The first-order chi connectivity index (χ1) is 9.65. The van der Waals surface area contributed by atoms with Gasteiger partial charge in [-0.1, -0.05) is 30.3 Å². The van der Waals surface area contributed by atoms with Gasteiger partial charge in [0.25, 0.3) is 0 Å². The molecule has 1 aromatic heterocycles. The van der Waals surface area contributed by atoms with Gasteiger partial charge >= 0.3 is 0 Å². The number of nitrogens with zero attached hydrogens (tertiary/aromatic N) is 4. The van der Waals surface area contributed by atoms with Crippen molar-refractivity contribution in [2.45, 2.75) is 43.6 Å². The van der Waals surface area contributed by atoms with Gasteiger partial charge in [0.1, 0.15) is 0 Å². The molecule has 1 heterocycles. The molecule has 0 radical (unpaired) electrons. The number of aromatic nitrogens is 4. The van der Waals surface area contributed by atoms with E-state index in [0.29, 0.717) is 18.2 Å². The van der Waals surface area contributed by atoms with Crippen LogP contribution in [0.15, 0.2) is 30.3 Å². The largest absolute Gasteiger partial charge is 0.389 e. The number of aryl methyl sites for hydroxylation is 1. The van der Waals surface area contributed by atoms with Crippen molar-refractivity contribution in [3.05, 3.63) is 41.7 Å². The highest BCUT2D eigenvalue weighted by Gasteiger charge is 2.35. The summed E-state index contributed by atoms with van der Waals surface area (Å²) in [6.45, 7) is 0. The molecular formula is C15H20N4O. The van der Waals surface area contributed by atoms with Crippen LogP contribution in [0, 0.1) is 0 Å². The molecular weight excluding hydrogens is 252 g/mol. The molecule has 5 heteroatoms. The highest BCUT2D eigenvalue weighted by Crippen LogP contribution is 2.39. The van der Waals surface area contributed by atoms with Crippen LogP contribution >= 0.6 is 0 Å². The van der Waals surface area contributed by atoms with Crippen molar-refractivity contribution in [2.75, 3.05) is 0 Å². The van der Waals surface area contributed by atoms with E-state index in [1.807, 2.05) is 6.07 Å². The third-order valence-corrected chi connectivity index (χ3v) is 4.22. The van der Waals surface area contributed by atoms with Crippen molar-refractivity contribution in [1.29, 1.82) is 0 Å². The van der Waals surface area contributed by atoms with E-state index >= 15 is 0 Å². The Hall–Kier alpha value is -1.75. The predicted octanol–water partition coefficient (Wildman–Crippen LogP) is 1.84. The summed E-state index contributed by atoms with van der Waals surface area (Å²) in [6.07, 6.45) is 4.12. The van der Waals surface area contributed by atoms with Gasteiger partial charge in [-0.3, -0.25) is 0 Å². The molecule has 20 heavy (non-hydrogen) atoms. The average molecular weight is 272 g/mol. The van der Waals surface area contributed by atoms with Gasteiger partial charge in [-0.25, -0.2) is 0 Å². The monoisotopic (exact) mass is 272 g/mol. The third-order valence-electron chi connectivity index (χ3n) is 4.22. The summed E-state index contributed by atoms with van der Waals surface area (Å²) in [5, 5.41) is 22.6. The van der Waals surface area contributed by atoms with Crippen LogP contribution in [0.4, 0.5) is 0 Å². The molecule has 1 fully saturated rings. The summed E-state index contributed by atoms with van der Waals surface area (Å²) >= 11 is 0. The van der Waals surface area contributed by atoms with E-state index in [9.17, 15) is 5.11 Å². The van der Waals surface area contributed by atoms with Crippen LogP contribution in [-0.4, -0.2) is 30.9 Å². The summed E-state index contributed by atoms with van der Waals surface area (Å²) in [7, 11) is 1.74. The zero-order valence-electron chi connectivity index (χ0n) is 11.7. The van der Waals surface area contributed by atoms with Gasteiger partial charge in [0.15, 0.2) is 5.82 Å². The fourth-order valence-corrected chi connectivity index (χ4v) is 3.08. The molecule has 1 saturated carbocycles. The second kappa shape index (κ2) is 5.32. The van der Waals surface area contributed by atoms with E-state index < -0.39 is 5.60 Å². The van der Waals surface area contributed by atoms with Crippen LogP contribution in [0.3, 0.4) is 0 Å². The Morgan fingerprint density at radius 1 is 1.25 bits per heavy atom. The second-order valence-electron chi connectivity index (χ2n) is 5.78. The van der Waals surface area contributed by atoms with Crippen LogP contribution < -0.4 is 0 Å². The minimum absolute atomic E-state index is 0.502. The number of rotatable bonds is 3. The quantitative estimate of drug-likeness (QED) is 0.926. The van der Waals surface area contributed by atoms with Crippen molar-refractivity contribution in [3.8, 4) is 0 Å². The van der Waals surface area contributed by atoms with Crippen LogP contribution in [-0.2, 0) is 13.5 Å². The van der Waals surface area contributed by atoms with Gasteiger partial charge in [-0.2, -0.15) is 4.80 Å². The first-order valence-corrected chi connectivity index (χ1v) is 7.15. The van der Waals surface area contributed by atoms with Crippen LogP contribution in [0.1, 0.15) is 43.0 Å². The van der Waals surface area contributed by atoms with Gasteiger partial charge in [-0.15, -0.1) is 10.2 Å². The van der Waals surface area contributed by atoms with Crippen LogP contribution in [0.25, 0.3) is 0 Å². The van der Waals surface area contributed by atoms with E-state index in [1.54, 1.807) is 7.05 Å². The Morgan fingerprint density at radius 2 is 1.95 bits per heavy atom. The van der Waals surface area contributed by atoms with Crippen LogP contribution in [0.5, 0.6) is 0 Å². The lowest BCUT2D eigenvalue weighted by Gasteiger charge is -2.35. The molecule has 0 aliphatic heterocycles. The van der Waals surface area contributed by atoms with E-state index in [4.69, 9.17) is 0 Å². The van der Waals surface area contributed by atoms with Crippen molar-refractivity contribution < 1.29 is 5.11 Å². The van der Waals surface area contributed by atoms with Gasteiger partial charge in [0.05, 0.1) is 12.6 Å². The molecule has 0 spiro atoms. The van der Waals surface area contributed by atoms with Gasteiger partial charge in [-0.05, 0) is 42.4 Å². The lowest BCUT2D eigenvalue weighted by atomic mass is 9.75. The number of hydrogen-bond donors (Lipinski definition) is 1. The maximum absolute atomic E-state index is 10.7. The number of aliphatic hydroxyl groups is 1. The molecule has 0 saturated heterocycles. The Balaban J connectivity index is 1.62. The Bertz CT molecular complexity index is 558. The molecule has 0 unspecified atom stereocenters. The number of hydrogen-bond acceptors (Lipinski definition) is 4. The molecule has 1 N–H and O–H groups in total. The summed E-state index contributed by atoms with van der Waals surface area (Å²) in [5.74, 6) is 1.19. The molecule has 1 aliphatic rings. The Kier molecular flexibility index (Phi) is 3.53.